The summed E-state index contributed by atoms with van der Waals surface area (Å²) in [5.41, 5.74) is 1.12. The lowest BCUT2D eigenvalue weighted by Crippen LogP contribution is -2.28. The number of alkyl halides is 3. The van der Waals surface area contributed by atoms with Crippen LogP contribution >= 0.6 is 0 Å². The normalized spacial score (nSPS) is 21.2. The van der Waals surface area contributed by atoms with Crippen molar-refractivity contribution in [3.05, 3.63) is 18.0 Å². The number of hydrogen-bond acceptors (Lipinski definition) is 3. The fourth-order valence-electron chi connectivity index (χ4n) is 2.45. The minimum absolute atomic E-state index is 0.107. The molecular weight excluding hydrogens is 259 g/mol. The summed E-state index contributed by atoms with van der Waals surface area (Å²) in [4.78, 5) is 2.16. The smallest absolute Gasteiger partial charge is 0.371 e. The van der Waals surface area contributed by atoms with Crippen LogP contribution in [0.4, 0.5) is 13.2 Å². The van der Waals surface area contributed by atoms with Gasteiger partial charge in [-0.3, -0.25) is 9.58 Å². The minimum Gasteiger partial charge on any atom is -0.371 e. The lowest BCUT2D eigenvalue weighted by molar-refractivity contribution is -0.174. The van der Waals surface area contributed by atoms with Crippen LogP contribution in [0.25, 0.3) is 0 Å². The fourth-order valence-corrected chi connectivity index (χ4v) is 2.45. The molecule has 1 atom stereocenters. The van der Waals surface area contributed by atoms with Gasteiger partial charge in [-0.2, -0.15) is 18.3 Å². The molecular formula is C12H18F3N3O. The quantitative estimate of drug-likeness (QED) is 0.772. The molecule has 2 heterocycles. The van der Waals surface area contributed by atoms with Crippen molar-refractivity contribution in [2.75, 3.05) is 26.3 Å². The van der Waals surface area contributed by atoms with Crippen molar-refractivity contribution >= 4 is 0 Å². The highest BCUT2D eigenvalue weighted by Gasteiger charge is 2.29. The molecule has 1 saturated heterocycles. The van der Waals surface area contributed by atoms with E-state index in [0.29, 0.717) is 6.54 Å². The highest BCUT2D eigenvalue weighted by molar-refractivity contribution is 5.12. The first-order chi connectivity index (χ1) is 8.96. The maximum atomic E-state index is 12.0. The third-order valence-electron chi connectivity index (χ3n) is 3.26. The van der Waals surface area contributed by atoms with Gasteiger partial charge < -0.3 is 4.74 Å². The average molecular weight is 277 g/mol. The van der Waals surface area contributed by atoms with Gasteiger partial charge in [0.05, 0.1) is 12.8 Å². The van der Waals surface area contributed by atoms with Crippen molar-refractivity contribution in [2.45, 2.75) is 25.1 Å². The van der Waals surface area contributed by atoms with E-state index in [4.69, 9.17) is 0 Å². The summed E-state index contributed by atoms with van der Waals surface area (Å²) >= 11 is 0. The Bertz CT molecular complexity index is 405. The zero-order valence-corrected chi connectivity index (χ0v) is 10.9. The van der Waals surface area contributed by atoms with E-state index < -0.39 is 12.8 Å². The summed E-state index contributed by atoms with van der Waals surface area (Å²) < 4.78 is 42.3. The van der Waals surface area contributed by atoms with E-state index in [9.17, 15) is 13.2 Å². The van der Waals surface area contributed by atoms with Crippen molar-refractivity contribution < 1.29 is 17.9 Å². The average Bonchev–Trinajstić information content (AvgIpc) is 2.91. The Morgan fingerprint density at radius 3 is 2.89 bits per heavy atom. The van der Waals surface area contributed by atoms with Crippen molar-refractivity contribution in [1.82, 2.24) is 14.7 Å². The summed E-state index contributed by atoms with van der Waals surface area (Å²) in [5.74, 6) is 0. The lowest BCUT2D eigenvalue weighted by atomic mass is 10.1. The number of halogens is 3. The van der Waals surface area contributed by atoms with E-state index >= 15 is 0 Å². The third kappa shape index (κ3) is 4.21. The Morgan fingerprint density at radius 2 is 2.26 bits per heavy atom. The molecule has 0 saturated carbocycles. The zero-order valence-electron chi connectivity index (χ0n) is 10.9. The molecule has 4 nitrogen and oxygen atoms in total. The van der Waals surface area contributed by atoms with Gasteiger partial charge in [0.1, 0.15) is 6.61 Å². The van der Waals surface area contributed by atoms with Gasteiger partial charge in [-0.1, -0.05) is 0 Å². The maximum absolute atomic E-state index is 12.0. The van der Waals surface area contributed by atoms with Crippen molar-refractivity contribution in [3.8, 4) is 0 Å². The molecule has 0 aliphatic carbocycles. The van der Waals surface area contributed by atoms with Gasteiger partial charge in [-0.15, -0.1) is 0 Å². The summed E-state index contributed by atoms with van der Waals surface area (Å²) in [7, 11) is 1.86. The summed E-state index contributed by atoms with van der Waals surface area (Å²) in [6.07, 6.45) is 1.61. The number of rotatable bonds is 5. The van der Waals surface area contributed by atoms with E-state index in [0.717, 1.165) is 24.9 Å². The van der Waals surface area contributed by atoms with E-state index in [1.165, 1.54) is 0 Å². The van der Waals surface area contributed by atoms with Crippen LogP contribution in [0.15, 0.2) is 12.4 Å². The number of likely N-dealkylation sites (tertiary alicyclic amines) is 1. The highest BCUT2D eigenvalue weighted by Crippen LogP contribution is 2.31. The molecule has 0 bridgehead atoms. The van der Waals surface area contributed by atoms with E-state index in [1.54, 1.807) is 4.68 Å². The van der Waals surface area contributed by atoms with Gasteiger partial charge >= 0.3 is 6.18 Å². The van der Waals surface area contributed by atoms with E-state index in [-0.39, 0.29) is 12.6 Å². The lowest BCUT2D eigenvalue weighted by Gasteiger charge is -2.23. The molecule has 1 aromatic heterocycles. The first-order valence-electron chi connectivity index (χ1n) is 6.33. The van der Waals surface area contributed by atoms with Gasteiger partial charge in [0.25, 0.3) is 0 Å². The molecule has 0 aromatic carbocycles. The fraction of sp³-hybridized carbons (Fsp3) is 0.750. The van der Waals surface area contributed by atoms with Gasteiger partial charge in [0.2, 0.25) is 0 Å². The molecule has 0 unspecified atom stereocenters. The molecule has 2 rings (SSSR count). The van der Waals surface area contributed by atoms with E-state index in [1.807, 2.05) is 19.4 Å². The Hall–Kier alpha value is -1.08. The molecule has 19 heavy (non-hydrogen) atoms. The Morgan fingerprint density at radius 1 is 1.47 bits per heavy atom. The second kappa shape index (κ2) is 5.92. The second-order valence-corrected chi connectivity index (χ2v) is 4.81. The predicted octanol–water partition coefficient (Wildman–Crippen LogP) is 2.14. The van der Waals surface area contributed by atoms with Crippen LogP contribution in [0.2, 0.25) is 0 Å². The topological polar surface area (TPSA) is 30.3 Å². The molecule has 1 aliphatic heterocycles. The second-order valence-electron chi connectivity index (χ2n) is 4.81. The molecule has 1 aliphatic rings. The summed E-state index contributed by atoms with van der Waals surface area (Å²) in [6.45, 7) is 0.360. The number of aryl methyl sites for hydroxylation is 1. The SMILES string of the molecule is Cn1cc([C@@H]2CCCN2CCOCC(F)(F)F)cn1. The first kappa shape index (κ1) is 14.3. The number of aromatic nitrogens is 2. The van der Waals surface area contributed by atoms with Crippen LogP contribution in [0, 0.1) is 0 Å². The monoisotopic (exact) mass is 277 g/mol. The summed E-state index contributed by atoms with van der Waals surface area (Å²) in [6, 6.07) is 0.253. The number of hydrogen-bond donors (Lipinski definition) is 0. The molecule has 1 fully saturated rings. The van der Waals surface area contributed by atoms with Gasteiger partial charge in [0.15, 0.2) is 0 Å². The maximum Gasteiger partial charge on any atom is 0.411 e. The zero-order chi connectivity index (χ0) is 13.9. The molecule has 7 heteroatoms. The number of nitrogens with zero attached hydrogens (tertiary/aromatic N) is 3. The van der Waals surface area contributed by atoms with Gasteiger partial charge in [-0.05, 0) is 19.4 Å². The van der Waals surface area contributed by atoms with Crippen molar-refractivity contribution in [1.29, 1.82) is 0 Å². The Balaban J connectivity index is 1.79. The van der Waals surface area contributed by atoms with Gasteiger partial charge in [0, 0.05) is 31.4 Å². The Kier molecular flexibility index (Phi) is 4.46. The summed E-state index contributed by atoms with van der Waals surface area (Å²) in [5, 5.41) is 4.13. The Labute approximate surface area is 110 Å². The van der Waals surface area contributed by atoms with Crippen LogP contribution in [0.5, 0.6) is 0 Å². The molecule has 0 spiro atoms. The van der Waals surface area contributed by atoms with Gasteiger partial charge in [-0.25, -0.2) is 0 Å². The molecule has 0 N–H and O–H groups in total. The molecule has 0 radical (unpaired) electrons. The van der Waals surface area contributed by atoms with Crippen LogP contribution in [-0.2, 0) is 11.8 Å². The van der Waals surface area contributed by atoms with Crippen LogP contribution in [-0.4, -0.2) is 47.2 Å². The molecule has 1 aromatic rings. The minimum atomic E-state index is -4.24. The van der Waals surface area contributed by atoms with Crippen molar-refractivity contribution in [3.63, 3.8) is 0 Å². The van der Waals surface area contributed by atoms with Crippen LogP contribution < -0.4 is 0 Å². The van der Waals surface area contributed by atoms with E-state index in [2.05, 4.69) is 14.7 Å². The van der Waals surface area contributed by atoms with Crippen LogP contribution in [0.3, 0.4) is 0 Å². The number of ether oxygens (including phenoxy) is 1. The standard InChI is InChI=1S/C12H18F3N3O/c1-17-8-10(7-16-17)11-3-2-4-18(11)5-6-19-9-12(13,14)15/h7-8,11H,2-6,9H2,1H3/t11-/m0/s1. The van der Waals surface area contributed by atoms with Crippen LogP contribution in [0.1, 0.15) is 24.4 Å². The highest BCUT2D eigenvalue weighted by atomic mass is 19.4. The van der Waals surface area contributed by atoms with Crippen molar-refractivity contribution in [2.24, 2.45) is 7.05 Å². The molecule has 108 valence electrons. The predicted molar refractivity (Wildman–Crippen MR) is 63.6 cm³/mol. The molecule has 0 amide bonds. The largest absolute Gasteiger partial charge is 0.411 e. The first-order valence-corrected chi connectivity index (χ1v) is 6.33. The third-order valence-corrected chi connectivity index (χ3v) is 3.26.